The summed E-state index contributed by atoms with van der Waals surface area (Å²) >= 11 is 0. The molecule has 0 unspecified atom stereocenters. The van der Waals surface area contributed by atoms with Crippen LogP contribution in [0.2, 0.25) is 0 Å². The molecule has 0 radical (unpaired) electrons. The Balaban J connectivity index is 3.00. The highest BCUT2D eigenvalue weighted by molar-refractivity contribution is 6.03. The number of ether oxygens (including phenoxy) is 1. The lowest BCUT2D eigenvalue weighted by Gasteiger charge is -2.03. The number of aromatic nitrogens is 1. The number of hydrogen-bond donors (Lipinski definition) is 2. The van der Waals surface area contributed by atoms with Crippen molar-refractivity contribution in [3.8, 4) is 0 Å². The maximum Gasteiger partial charge on any atom is 0.355 e. The zero-order chi connectivity index (χ0) is 13.7. The first-order chi connectivity index (χ1) is 8.52. The quantitative estimate of drug-likeness (QED) is 0.596. The van der Waals surface area contributed by atoms with Crippen molar-refractivity contribution in [3.05, 3.63) is 22.5 Å². The Morgan fingerprint density at radius 1 is 1.28 bits per heavy atom. The second-order valence-electron chi connectivity index (χ2n) is 4.05. The molecule has 0 bridgehead atoms. The van der Waals surface area contributed by atoms with Gasteiger partial charge in [0.1, 0.15) is 5.69 Å². The molecule has 1 aromatic heterocycles. The van der Waals surface area contributed by atoms with Crippen molar-refractivity contribution < 1.29 is 14.3 Å². The monoisotopic (exact) mass is 252 g/mol. The lowest BCUT2D eigenvalue weighted by molar-refractivity contribution is 0.0519. The van der Waals surface area contributed by atoms with E-state index in [1.165, 1.54) is 0 Å². The van der Waals surface area contributed by atoms with Gasteiger partial charge in [-0.2, -0.15) is 0 Å². The predicted octanol–water partition coefficient (Wildman–Crippen LogP) is 1.60. The third kappa shape index (κ3) is 2.98. The predicted molar refractivity (Wildman–Crippen MR) is 69.1 cm³/mol. The average Bonchev–Trinajstić information content (AvgIpc) is 2.62. The van der Waals surface area contributed by atoms with E-state index in [9.17, 15) is 9.59 Å². The van der Waals surface area contributed by atoms with Crippen LogP contribution in [-0.4, -0.2) is 36.4 Å². The van der Waals surface area contributed by atoms with Gasteiger partial charge >= 0.3 is 5.97 Å². The Bertz CT molecular complexity index is 449. The van der Waals surface area contributed by atoms with Crippen molar-refractivity contribution >= 4 is 11.8 Å². The molecule has 18 heavy (non-hydrogen) atoms. The van der Waals surface area contributed by atoms with E-state index < -0.39 is 5.97 Å². The number of rotatable bonds is 6. The van der Waals surface area contributed by atoms with Crippen molar-refractivity contribution in [3.63, 3.8) is 0 Å². The first-order valence-corrected chi connectivity index (χ1v) is 6.13. The lowest BCUT2D eigenvalue weighted by atomic mass is 10.1. The Hall–Kier alpha value is -1.62. The molecule has 5 heteroatoms. The maximum atomic E-state index is 12.0. The summed E-state index contributed by atoms with van der Waals surface area (Å²) in [7, 11) is 0. The number of ketones is 1. The molecule has 0 fully saturated rings. The van der Waals surface area contributed by atoms with E-state index in [0.717, 1.165) is 6.54 Å². The minimum absolute atomic E-state index is 0.0151. The third-order valence-electron chi connectivity index (χ3n) is 2.73. The third-order valence-corrected chi connectivity index (χ3v) is 2.73. The van der Waals surface area contributed by atoms with Crippen LogP contribution in [0.15, 0.2) is 0 Å². The number of carbonyl (C=O) groups is 2. The van der Waals surface area contributed by atoms with Crippen molar-refractivity contribution in [1.29, 1.82) is 0 Å². The first-order valence-electron chi connectivity index (χ1n) is 6.13. The number of likely N-dealkylation sites (N-methyl/N-ethyl adjacent to an activating group) is 1. The van der Waals surface area contributed by atoms with E-state index in [0.29, 0.717) is 29.1 Å². The van der Waals surface area contributed by atoms with Gasteiger partial charge in [-0.3, -0.25) is 4.79 Å². The van der Waals surface area contributed by atoms with Crippen LogP contribution in [0.5, 0.6) is 0 Å². The lowest BCUT2D eigenvalue weighted by Crippen LogP contribution is -2.23. The second kappa shape index (κ2) is 6.35. The van der Waals surface area contributed by atoms with Gasteiger partial charge in [-0.1, -0.05) is 6.92 Å². The van der Waals surface area contributed by atoms with Crippen LogP contribution in [0.3, 0.4) is 0 Å². The molecule has 2 N–H and O–H groups in total. The molecule has 0 aliphatic carbocycles. The zero-order valence-corrected chi connectivity index (χ0v) is 11.3. The fourth-order valence-electron chi connectivity index (χ4n) is 1.90. The molecule has 0 atom stereocenters. The summed E-state index contributed by atoms with van der Waals surface area (Å²) in [5, 5.41) is 2.98. The van der Waals surface area contributed by atoms with Crippen LogP contribution in [0, 0.1) is 13.8 Å². The van der Waals surface area contributed by atoms with Crippen molar-refractivity contribution in [1.82, 2.24) is 10.3 Å². The molecular formula is C13H20N2O3. The van der Waals surface area contributed by atoms with E-state index in [4.69, 9.17) is 4.74 Å². The molecule has 0 aliphatic heterocycles. The summed E-state index contributed by atoms with van der Waals surface area (Å²) in [5.74, 6) is -0.431. The molecule has 0 aromatic carbocycles. The van der Waals surface area contributed by atoms with Gasteiger partial charge < -0.3 is 15.0 Å². The van der Waals surface area contributed by atoms with Gasteiger partial charge in [-0.15, -0.1) is 0 Å². The molecule has 1 aromatic rings. The van der Waals surface area contributed by atoms with E-state index >= 15 is 0 Å². The van der Waals surface area contributed by atoms with Gasteiger partial charge in [0.2, 0.25) is 0 Å². The van der Waals surface area contributed by atoms with Gasteiger partial charge in [-0.25, -0.2) is 4.79 Å². The summed E-state index contributed by atoms with van der Waals surface area (Å²) in [6.45, 7) is 8.56. The van der Waals surface area contributed by atoms with E-state index in [1.54, 1.807) is 20.8 Å². The fraction of sp³-hybridized carbons (Fsp3) is 0.538. The van der Waals surface area contributed by atoms with E-state index in [-0.39, 0.29) is 12.3 Å². The molecule has 0 aliphatic rings. The Kier molecular flexibility index (Phi) is 5.09. The SMILES string of the molecule is CCNCC(=O)c1c(C)[nH]c(C(=O)OCC)c1C. The van der Waals surface area contributed by atoms with Crippen LogP contribution >= 0.6 is 0 Å². The van der Waals surface area contributed by atoms with Crippen molar-refractivity contribution in [2.75, 3.05) is 19.7 Å². The fourth-order valence-corrected chi connectivity index (χ4v) is 1.90. The first kappa shape index (κ1) is 14.4. The molecule has 0 spiro atoms. The standard InChI is InChI=1S/C13H20N2O3/c1-5-14-7-10(16)11-8(3)12(15-9(11)4)13(17)18-6-2/h14-15H,5-7H2,1-4H3. The Morgan fingerprint density at radius 3 is 2.50 bits per heavy atom. The van der Waals surface area contributed by atoms with E-state index in [2.05, 4.69) is 10.3 Å². The summed E-state index contributed by atoms with van der Waals surface area (Å²) in [4.78, 5) is 26.6. The van der Waals surface area contributed by atoms with Crippen LogP contribution in [0.4, 0.5) is 0 Å². The topological polar surface area (TPSA) is 71.2 Å². The summed E-state index contributed by atoms with van der Waals surface area (Å²) in [6, 6.07) is 0. The number of hydrogen-bond acceptors (Lipinski definition) is 4. The van der Waals surface area contributed by atoms with Crippen LogP contribution in [0.1, 0.15) is 46.0 Å². The van der Waals surface area contributed by atoms with Gasteiger partial charge in [-0.05, 0) is 32.9 Å². The van der Waals surface area contributed by atoms with Crippen molar-refractivity contribution in [2.45, 2.75) is 27.7 Å². The van der Waals surface area contributed by atoms with E-state index in [1.807, 2.05) is 6.92 Å². The molecular weight excluding hydrogens is 232 g/mol. The minimum atomic E-state index is -0.416. The zero-order valence-electron chi connectivity index (χ0n) is 11.3. The number of esters is 1. The highest BCUT2D eigenvalue weighted by atomic mass is 16.5. The average molecular weight is 252 g/mol. The number of Topliss-reactive ketones (excluding diaryl/α,β-unsaturated/α-hetero) is 1. The highest BCUT2D eigenvalue weighted by Crippen LogP contribution is 2.19. The van der Waals surface area contributed by atoms with Crippen LogP contribution in [0.25, 0.3) is 0 Å². The molecule has 100 valence electrons. The van der Waals surface area contributed by atoms with Gasteiger partial charge in [0, 0.05) is 11.3 Å². The molecule has 0 amide bonds. The van der Waals surface area contributed by atoms with Crippen LogP contribution in [-0.2, 0) is 4.74 Å². The number of nitrogens with one attached hydrogen (secondary N) is 2. The largest absolute Gasteiger partial charge is 0.461 e. The molecule has 0 saturated heterocycles. The number of H-pyrrole nitrogens is 1. The smallest absolute Gasteiger partial charge is 0.355 e. The second-order valence-corrected chi connectivity index (χ2v) is 4.05. The van der Waals surface area contributed by atoms with Gasteiger partial charge in [0.25, 0.3) is 0 Å². The molecule has 1 rings (SSSR count). The van der Waals surface area contributed by atoms with Gasteiger partial charge in [0.15, 0.2) is 5.78 Å². The number of aryl methyl sites for hydroxylation is 1. The minimum Gasteiger partial charge on any atom is -0.461 e. The normalized spacial score (nSPS) is 10.4. The van der Waals surface area contributed by atoms with Crippen LogP contribution < -0.4 is 5.32 Å². The molecule has 0 saturated carbocycles. The summed E-state index contributed by atoms with van der Waals surface area (Å²) in [5.41, 5.74) is 2.32. The summed E-state index contributed by atoms with van der Waals surface area (Å²) < 4.78 is 4.94. The highest BCUT2D eigenvalue weighted by Gasteiger charge is 2.22. The molecule has 1 heterocycles. The summed E-state index contributed by atoms with van der Waals surface area (Å²) in [6.07, 6.45) is 0. The Labute approximate surface area is 107 Å². The number of aromatic amines is 1. The molecule has 5 nitrogen and oxygen atoms in total. The van der Waals surface area contributed by atoms with Crippen molar-refractivity contribution in [2.24, 2.45) is 0 Å². The number of carbonyl (C=O) groups excluding carboxylic acids is 2. The van der Waals surface area contributed by atoms with Gasteiger partial charge in [0.05, 0.1) is 13.2 Å². The maximum absolute atomic E-state index is 12.0. The Morgan fingerprint density at radius 2 is 1.94 bits per heavy atom.